The van der Waals surface area contributed by atoms with Crippen molar-refractivity contribution in [3.63, 3.8) is 0 Å². The third kappa shape index (κ3) is 5.12. The fourth-order valence-corrected chi connectivity index (χ4v) is 1.43. The Morgan fingerprint density at radius 2 is 2.06 bits per heavy atom. The van der Waals surface area contributed by atoms with Crippen LogP contribution in [0.3, 0.4) is 0 Å². The summed E-state index contributed by atoms with van der Waals surface area (Å²) in [6.45, 7) is 6.36. The monoisotopic (exact) mass is 225 g/mol. The van der Waals surface area contributed by atoms with Gasteiger partial charge in [-0.2, -0.15) is 0 Å². The van der Waals surface area contributed by atoms with Crippen molar-refractivity contribution in [1.29, 1.82) is 0 Å². The van der Waals surface area contributed by atoms with E-state index >= 15 is 0 Å². The highest BCUT2D eigenvalue weighted by Gasteiger charge is 2.13. The van der Waals surface area contributed by atoms with Gasteiger partial charge in [0.1, 0.15) is 11.9 Å². The number of hydrogen-bond acceptors (Lipinski definition) is 2. The summed E-state index contributed by atoms with van der Waals surface area (Å²) in [5, 5.41) is 12.4. The molecule has 0 amide bonds. The first kappa shape index (κ1) is 13.0. The van der Waals surface area contributed by atoms with Gasteiger partial charge in [0.05, 0.1) is 0 Å². The summed E-state index contributed by atoms with van der Waals surface area (Å²) in [4.78, 5) is 0. The van der Waals surface area contributed by atoms with Gasteiger partial charge < -0.3 is 10.4 Å². The van der Waals surface area contributed by atoms with E-state index in [0.29, 0.717) is 13.0 Å². The lowest BCUT2D eigenvalue weighted by atomic mass is 10.1. The molecule has 0 aromatic heterocycles. The molecule has 0 aliphatic heterocycles. The molecule has 0 heterocycles. The van der Waals surface area contributed by atoms with Gasteiger partial charge in [-0.25, -0.2) is 4.39 Å². The average Bonchev–Trinajstić information content (AvgIpc) is 2.14. The van der Waals surface area contributed by atoms with Crippen LogP contribution in [0.15, 0.2) is 24.3 Å². The minimum atomic E-state index is -0.930. The number of rotatable bonds is 4. The van der Waals surface area contributed by atoms with Gasteiger partial charge in [-0.15, -0.1) is 0 Å². The Balaban J connectivity index is 2.43. The van der Waals surface area contributed by atoms with Crippen LogP contribution in [0.2, 0.25) is 0 Å². The SMILES string of the molecule is CC(C)(C)NCC(F)Cc1cccc(O)c1. The normalized spacial score (nSPS) is 13.8. The number of phenols is 1. The quantitative estimate of drug-likeness (QED) is 0.825. The molecule has 0 radical (unpaired) electrons. The second-order valence-electron chi connectivity index (χ2n) is 5.10. The molecule has 1 unspecified atom stereocenters. The number of benzene rings is 1. The van der Waals surface area contributed by atoms with E-state index in [4.69, 9.17) is 0 Å². The zero-order valence-electron chi connectivity index (χ0n) is 10.1. The predicted octanol–water partition coefficient (Wildman–Crippen LogP) is 2.66. The number of hydrogen-bond donors (Lipinski definition) is 2. The van der Waals surface area contributed by atoms with Crippen molar-refractivity contribution < 1.29 is 9.50 Å². The van der Waals surface area contributed by atoms with Crippen LogP contribution < -0.4 is 5.32 Å². The Morgan fingerprint density at radius 3 is 2.62 bits per heavy atom. The zero-order valence-corrected chi connectivity index (χ0v) is 10.1. The Morgan fingerprint density at radius 1 is 1.38 bits per heavy atom. The van der Waals surface area contributed by atoms with Crippen molar-refractivity contribution in [2.75, 3.05) is 6.54 Å². The van der Waals surface area contributed by atoms with Crippen LogP contribution in [0, 0.1) is 0 Å². The number of aromatic hydroxyl groups is 1. The second-order valence-corrected chi connectivity index (χ2v) is 5.10. The van der Waals surface area contributed by atoms with E-state index in [-0.39, 0.29) is 11.3 Å². The van der Waals surface area contributed by atoms with Crippen LogP contribution in [0.5, 0.6) is 5.75 Å². The average molecular weight is 225 g/mol. The summed E-state index contributed by atoms with van der Waals surface area (Å²) >= 11 is 0. The fraction of sp³-hybridized carbons (Fsp3) is 0.538. The van der Waals surface area contributed by atoms with Crippen molar-refractivity contribution in [2.45, 2.75) is 38.9 Å². The maximum atomic E-state index is 13.6. The fourth-order valence-electron chi connectivity index (χ4n) is 1.43. The summed E-state index contributed by atoms with van der Waals surface area (Å²) < 4.78 is 13.6. The lowest BCUT2D eigenvalue weighted by Gasteiger charge is -2.22. The Hall–Kier alpha value is -1.09. The van der Waals surface area contributed by atoms with E-state index < -0.39 is 6.17 Å². The Kier molecular flexibility index (Phi) is 4.30. The van der Waals surface area contributed by atoms with E-state index in [9.17, 15) is 9.50 Å². The van der Waals surface area contributed by atoms with Gasteiger partial charge in [-0.3, -0.25) is 0 Å². The maximum Gasteiger partial charge on any atom is 0.117 e. The molecule has 1 rings (SSSR count). The minimum Gasteiger partial charge on any atom is -0.508 e. The lowest BCUT2D eigenvalue weighted by Crippen LogP contribution is -2.40. The van der Waals surface area contributed by atoms with Crippen LogP contribution in [0.4, 0.5) is 4.39 Å². The van der Waals surface area contributed by atoms with Gasteiger partial charge >= 0.3 is 0 Å². The largest absolute Gasteiger partial charge is 0.508 e. The van der Waals surface area contributed by atoms with Crippen molar-refractivity contribution >= 4 is 0 Å². The molecule has 1 aromatic carbocycles. The van der Waals surface area contributed by atoms with Crippen molar-refractivity contribution in [3.8, 4) is 5.75 Å². The van der Waals surface area contributed by atoms with E-state index in [1.807, 2.05) is 26.8 Å². The van der Waals surface area contributed by atoms with Crippen LogP contribution >= 0.6 is 0 Å². The molecule has 0 bridgehead atoms. The molecule has 0 saturated carbocycles. The minimum absolute atomic E-state index is 0.0663. The first-order valence-electron chi connectivity index (χ1n) is 5.54. The molecule has 2 nitrogen and oxygen atoms in total. The summed E-state index contributed by atoms with van der Waals surface area (Å²) in [6, 6.07) is 6.74. The highest BCUT2D eigenvalue weighted by atomic mass is 19.1. The molecule has 3 heteroatoms. The van der Waals surface area contributed by atoms with Gasteiger partial charge in [0, 0.05) is 18.5 Å². The molecule has 0 fully saturated rings. The second kappa shape index (κ2) is 5.30. The highest BCUT2D eigenvalue weighted by molar-refractivity contribution is 5.27. The molecule has 1 aromatic rings. The smallest absolute Gasteiger partial charge is 0.117 e. The zero-order chi connectivity index (χ0) is 12.2. The third-order valence-electron chi connectivity index (χ3n) is 2.22. The van der Waals surface area contributed by atoms with Gasteiger partial charge in [-0.1, -0.05) is 12.1 Å². The van der Waals surface area contributed by atoms with E-state index in [2.05, 4.69) is 5.32 Å². The number of halogens is 1. The van der Waals surface area contributed by atoms with Crippen molar-refractivity contribution in [1.82, 2.24) is 5.32 Å². The van der Waals surface area contributed by atoms with Gasteiger partial charge in [0.15, 0.2) is 0 Å². The molecule has 0 aliphatic rings. The molecule has 0 aliphatic carbocycles. The molecule has 90 valence electrons. The number of phenolic OH excluding ortho intramolecular Hbond substituents is 1. The van der Waals surface area contributed by atoms with E-state index in [1.54, 1.807) is 18.2 Å². The van der Waals surface area contributed by atoms with Crippen LogP contribution in [-0.4, -0.2) is 23.4 Å². The molecular formula is C13H20FNO. The van der Waals surface area contributed by atoms with Gasteiger partial charge in [-0.05, 0) is 38.5 Å². The third-order valence-corrected chi connectivity index (χ3v) is 2.22. The summed E-state index contributed by atoms with van der Waals surface area (Å²) in [7, 11) is 0. The first-order chi connectivity index (χ1) is 7.37. The molecule has 0 saturated heterocycles. The summed E-state index contributed by atoms with van der Waals surface area (Å²) in [5.41, 5.74) is 0.756. The van der Waals surface area contributed by atoms with Gasteiger partial charge in [0.2, 0.25) is 0 Å². The van der Waals surface area contributed by atoms with Crippen LogP contribution in [-0.2, 0) is 6.42 Å². The van der Waals surface area contributed by atoms with Crippen molar-refractivity contribution in [2.24, 2.45) is 0 Å². The molecule has 1 atom stereocenters. The van der Waals surface area contributed by atoms with Crippen LogP contribution in [0.1, 0.15) is 26.3 Å². The molecule has 2 N–H and O–H groups in total. The lowest BCUT2D eigenvalue weighted by molar-refractivity contribution is 0.284. The highest BCUT2D eigenvalue weighted by Crippen LogP contribution is 2.13. The Labute approximate surface area is 96.5 Å². The standard InChI is InChI=1S/C13H20FNO/c1-13(2,3)15-9-11(14)7-10-5-4-6-12(16)8-10/h4-6,8,11,15-16H,7,9H2,1-3H3. The molecule has 16 heavy (non-hydrogen) atoms. The Bertz CT molecular complexity index is 333. The van der Waals surface area contributed by atoms with Crippen molar-refractivity contribution in [3.05, 3.63) is 29.8 Å². The first-order valence-corrected chi connectivity index (χ1v) is 5.54. The maximum absolute atomic E-state index is 13.6. The van der Waals surface area contributed by atoms with Crippen LogP contribution in [0.25, 0.3) is 0 Å². The summed E-state index contributed by atoms with van der Waals surface area (Å²) in [6.07, 6.45) is -0.599. The molecule has 0 spiro atoms. The number of alkyl halides is 1. The van der Waals surface area contributed by atoms with E-state index in [1.165, 1.54) is 0 Å². The molecular weight excluding hydrogens is 205 g/mol. The summed E-state index contributed by atoms with van der Waals surface area (Å²) in [5.74, 6) is 0.188. The topological polar surface area (TPSA) is 32.3 Å². The van der Waals surface area contributed by atoms with E-state index in [0.717, 1.165) is 5.56 Å². The number of nitrogens with one attached hydrogen (secondary N) is 1. The van der Waals surface area contributed by atoms with Gasteiger partial charge in [0.25, 0.3) is 0 Å². The predicted molar refractivity (Wildman–Crippen MR) is 64.5 cm³/mol.